The smallest absolute Gasteiger partial charge is 0.246 e. The number of aromatic nitrogens is 2. The van der Waals surface area contributed by atoms with Crippen LogP contribution in [-0.2, 0) is 24.0 Å². The van der Waals surface area contributed by atoms with Gasteiger partial charge in [0, 0.05) is 50.0 Å². The molecule has 1 saturated heterocycles. The van der Waals surface area contributed by atoms with Crippen LogP contribution in [0.2, 0.25) is 0 Å². The van der Waals surface area contributed by atoms with Gasteiger partial charge in [-0.15, -0.1) is 0 Å². The SMILES string of the molecule is CCC[C@H](CC(=O)[C@@H]1[C@H]2CCCC2CN1C(=O)[C@@H](NC(=O)[C@@H](CC(=O)c1cnccn1)C1CCCCC1)[C@H](C)CC)C(=O)C(=O)CC1CC1. The number of nitrogens with zero attached hydrogens (tertiary/aromatic N) is 3. The molecular weight excluding hydrogens is 620 g/mol. The number of carbonyl (C=O) groups excluding carboxylic acids is 6. The van der Waals surface area contributed by atoms with Crippen LogP contribution in [0.5, 0.6) is 0 Å². The number of nitrogens with one attached hydrogen (secondary N) is 1. The number of rotatable bonds is 18. The maximum absolute atomic E-state index is 14.6. The number of ketones is 4. The molecule has 268 valence electrons. The van der Waals surface area contributed by atoms with Crippen molar-refractivity contribution in [1.82, 2.24) is 20.2 Å². The van der Waals surface area contributed by atoms with Crippen LogP contribution < -0.4 is 5.32 Å². The first kappa shape index (κ1) is 37.0. The average molecular weight is 677 g/mol. The molecule has 3 saturated carbocycles. The Labute approximate surface area is 291 Å². The fourth-order valence-electron chi connectivity index (χ4n) is 8.77. The van der Waals surface area contributed by atoms with E-state index in [1.807, 2.05) is 20.8 Å². The van der Waals surface area contributed by atoms with Gasteiger partial charge in [0.2, 0.25) is 17.6 Å². The van der Waals surface area contributed by atoms with Gasteiger partial charge >= 0.3 is 0 Å². The summed E-state index contributed by atoms with van der Waals surface area (Å²) in [5, 5.41) is 3.11. The van der Waals surface area contributed by atoms with Crippen molar-refractivity contribution in [2.45, 2.75) is 136 Å². The van der Waals surface area contributed by atoms with Crippen LogP contribution in [0.4, 0.5) is 0 Å². The third kappa shape index (κ3) is 9.09. The highest BCUT2D eigenvalue weighted by Crippen LogP contribution is 2.44. The van der Waals surface area contributed by atoms with Gasteiger partial charge in [0.15, 0.2) is 17.3 Å². The predicted octanol–water partition coefficient (Wildman–Crippen LogP) is 5.72. The normalized spacial score (nSPS) is 24.8. The van der Waals surface area contributed by atoms with Gasteiger partial charge in [0.25, 0.3) is 0 Å². The first-order valence-corrected chi connectivity index (χ1v) is 19.1. The maximum Gasteiger partial charge on any atom is 0.246 e. The Bertz CT molecular complexity index is 1360. The van der Waals surface area contributed by atoms with Crippen molar-refractivity contribution in [3.05, 3.63) is 24.3 Å². The van der Waals surface area contributed by atoms with Crippen LogP contribution in [-0.4, -0.2) is 68.4 Å². The summed E-state index contributed by atoms with van der Waals surface area (Å²) in [6.07, 6.45) is 15.9. The minimum Gasteiger partial charge on any atom is -0.344 e. The molecule has 2 amide bonds. The highest BCUT2D eigenvalue weighted by atomic mass is 16.2. The number of Topliss-reactive ketones (excluding diaryl/α,β-unsaturated/α-hetero) is 4. The molecule has 1 aliphatic heterocycles. The second-order valence-electron chi connectivity index (χ2n) is 15.5. The van der Waals surface area contributed by atoms with Crippen molar-refractivity contribution in [3.8, 4) is 0 Å². The molecule has 3 aliphatic carbocycles. The summed E-state index contributed by atoms with van der Waals surface area (Å²) in [6.45, 7) is 6.33. The quantitative estimate of drug-likeness (QED) is 0.154. The number of likely N-dealkylation sites (tertiary alicyclic amines) is 1. The van der Waals surface area contributed by atoms with Gasteiger partial charge in [-0.2, -0.15) is 0 Å². The first-order valence-electron chi connectivity index (χ1n) is 19.1. The van der Waals surface area contributed by atoms with Gasteiger partial charge < -0.3 is 10.2 Å². The van der Waals surface area contributed by atoms with E-state index in [0.29, 0.717) is 31.7 Å². The van der Waals surface area contributed by atoms with Crippen molar-refractivity contribution in [3.63, 3.8) is 0 Å². The highest BCUT2D eigenvalue weighted by Gasteiger charge is 2.51. The van der Waals surface area contributed by atoms with Gasteiger partial charge in [-0.1, -0.05) is 59.3 Å². The Balaban J connectivity index is 1.35. The molecule has 49 heavy (non-hydrogen) atoms. The van der Waals surface area contributed by atoms with Crippen molar-refractivity contribution >= 4 is 34.9 Å². The van der Waals surface area contributed by atoms with Gasteiger partial charge in [-0.3, -0.25) is 33.8 Å². The van der Waals surface area contributed by atoms with E-state index in [1.54, 1.807) is 4.90 Å². The molecule has 5 rings (SSSR count). The monoisotopic (exact) mass is 676 g/mol. The van der Waals surface area contributed by atoms with Crippen molar-refractivity contribution in [2.24, 2.45) is 41.4 Å². The highest BCUT2D eigenvalue weighted by molar-refractivity contribution is 6.38. The molecule has 4 fully saturated rings. The second kappa shape index (κ2) is 17.1. The van der Waals surface area contributed by atoms with Gasteiger partial charge in [-0.25, -0.2) is 4.98 Å². The lowest BCUT2D eigenvalue weighted by Gasteiger charge is -2.35. The fourth-order valence-corrected chi connectivity index (χ4v) is 8.77. The van der Waals surface area contributed by atoms with Gasteiger partial charge in [0.05, 0.1) is 12.2 Å². The van der Waals surface area contributed by atoms with Gasteiger partial charge in [-0.05, 0) is 74.5 Å². The standard InChI is InChI=1S/C39H56N4O6/c1-4-10-27(37(47)34(46)19-25-15-16-25)20-33(45)36-29-14-9-13-28(29)23-43(36)39(49)35(24(3)5-2)42-38(48)30(26-11-7-6-8-12-26)21-32(44)31-22-40-17-18-41-31/h17-18,22,24-30,35-36H,4-16,19-21,23H2,1-3H3,(H,42,48)/t24-,27-,28?,29+,30+,35+,36+/m1/s1. The van der Waals surface area contributed by atoms with E-state index in [1.165, 1.54) is 18.6 Å². The molecule has 10 nitrogen and oxygen atoms in total. The van der Waals surface area contributed by atoms with Crippen molar-refractivity contribution in [2.75, 3.05) is 6.54 Å². The zero-order chi connectivity index (χ0) is 35.1. The third-order valence-electron chi connectivity index (χ3n) is 12.0. The predicted molar refractivity (Wildman–Crippen MR) is 184 cm³/mol. The Kier molecular flexibility index (Phi) is 12.9. The molecule has 1 unspecified atom stereocenters. The van der Waals surface area contributed by atoms with Crippen LogP contribution in [0.15, 0.2) is 18.6 Å². The molecule has 10 heteroatoms. The first-order chi connectivity index (χ1) is 23.6. The minimum absolute atomic E-state index is 0.00209. The summed E-state index contributed by atoms with van der Waals surface area (Å²) in [5.41, 5.74) is 0.227. The molecule has 1 N–H and O–H groups in total. The molecule has 1 aromatic heterocycles. The zero-order valence-corrected chi connectivity index (χ0v) is 29.7. The fraction of sp³-hybridized carbons (Fsp3) is 0.744. The van der Waals surface area contributed by atoms with E-state index in [4.69, 9.17) is 0 Å². The molecular formula is C39H56N4O6. The van der Waals surface area contributed by atoms with Crippen LogP contribution in [0, 0.1) is 41.4 Å². The Hall–Kier alpha value is -3.30. The summed E-state index contributed by atoms with van der Waals surface area (Å²) >= 11 is 0. The lowest BCUT2D eigenvalue weighted by atomic mass is 9.77. The molecule has 7 atom stereocenters. The number of hydrogen-bond donors (Lipinski definition) is 1. The average Bonchev–Trinajstić information content (AvgIpc) is 3.69. The lowest BCUT2D eigenvalue weighted by molar-refractivity contribution is -0.145. The molecule has 4 aliphatic rings. The topological polar surface area (TPSA) is 143 Å². The summed E-state index contributed by atoms with van der Waals surface area (Å²) in [4.78, 5) is 92.2. The van der Waals surface area contributed by atoms with Gasteiger partial charge in [0.1, 0.15) is 11.7 Å². The van der Waals surface area contributed by atoms with E-state index in [9.17, 15) is 28.8 Å². The second-order valence-corrected chi connectivity index (χ2v) is 15.5. The van der Waals surface area contributed by atoms with E-state index in [0.717, 1.165) is 64.2 Å². The van der Waals surface area contributed by atoms with Crippen molar-refractivity contribution < 1.29 is 28.8 Å². The van der Waals surface area contributed by atoms with Crippen LogP contribution in [0.3, 0.4) is 0 Å². The van der Waals surface area contributed by atoms with Crippen LogP contribution >= 0.6 is 0 Å². The Morgan fingerprint density at radius 3 is 2.33 bits per heavy atom. The largest absolute Gasteiger partial charge is 0.344 e. The molecule has 0 spiro atoms. The molecule has 1 aromatic rings. The van der Waals surface area contributed by atoms with Crippen LogP contribution in [0.1, 0.15) is 134 Å². The summed E-state index contributed by atoms with van der Waals surface area (Å²) in [6, 6.07) is -1.51. The maximum atomic E-state index is 14.6. The summed E-state index contributed by atoms with van der Waals surface area (Å²) < 4.78 is 0. The molecule has 0 aromatic carbocycles. The molecule has 0 radical (unpaired) electrons. The van der Waals surface area contributed by atoms with E-state index in [2.05, 4.69) is 15.3 Å². The number of amides is 2. The number of carbonyl (C=O) groups is 6. The zero-order valence-electron chi connectivity index (χ0n) is 29.7. The lowest BCUT2D eigenvalue weighted by Crippen LogP contribution is -2.56. The molecule has 0 bridgehead atoms. The Morgan fingerprint density at radius 1 is 0.918 bits per heavy atom. The Morgan fingerprint density at radius 2 is 1.67 bits per heavy atom. The number of hydrogen-bond acceptors (Lipinski definition) is 8. The molecule has 2 heterocycles. The minimum atomic E-state index is -0.850. The van der Waals surface area contributed by atoms with Crippen LogP contribution in [0.25, 0.3) is 0 Å². The van der Waals surface area contributed by atoms with E-state index >= 15 is 0 Å². The third-order valence-corrected chi connectivity index (χ3v) is 12.0. The van der Waals surface area contributed by atoms with E-state index < -0.39 is 29.7 Å². The number of fused-ring (bicyclic) bond motifs is 1. The van der Waals surface area contributed by atoms with E-state index in [-0.39, 0.29) is 77.8 Å². The summed E-state index contributed by atoms with van der Waals surface area (Å²) in [5.74, 6) is -2.66. The van der Waals surface area contributed by atoms with Crippen molar-refractivity contribution in [1.29, 1.82) is 0 Å². The summed E-state index contributed by atoms with van der Waals surface area (Å²) in [7, 11) is 0.